The zero-order chi connectivity index (χ0) is 17.1. The van der Waals surface area contributed by atoms with Gasteiger partial charge in [0.25, 0.3) is 5.91 Å². The third-order valence-corrected chi connectivity index (χ3v) is 4.47. The molecular formula is C17H18BrClN2O3. The summed E-state index contributed by atoms with van der Waals surface area (Å²) in [4.78, 5) is 12.4. The van der Waals surface area contributed by atoms with Crippen LogP contribution < -0.4 is 14.8 Å². The molecule has 1 aromatic heterocycles. The van der Waals surface area contributed by atoms with E-state index in [4.69, 9.17) is 21.1 Å². The van der Waals surface area contributed by atoms with Crippen molar-refractivity contribution in [1.29, 1.82) is 0 Å². The minimum Gasteiger partial charge on any atom is -0.489 e. The molecule has 2 heterocycles. The molecule has 128 valence electrons. The first-order valence-corrected chi connectivity index (χ1v) is 8.97. The highest BCUT2D eigenvalue weighted by Gasteiger charge is 2.17. The number of hydrogen-bond donors (Lipinski definition) is 1. The number of halogens is 2. The van der Waals surface area contributed by atoms with Gasteiger partial charge in [-0.2, -0.15) is 0 Å². The van der Waals surface area contributed by atoms with Gasteiger partial charge in [-0.1, -0.05) is 11.6 Å². The molecule has 0 fully saturated rings. The molecule has 0 unspecified atom stereocenters. The van der Waals surface area contributed by atoms with Crippen LogP contribution in [0.2, 0.25) is 5.02 Å². The fourth-order valence-electron chi connectivity index (χ4n) is 2.59. The van der Waals surface area contributed by atoms with Crippen LogP contribution in [-0.2, 0) is 13.1 Å². The number of fused-ring (bicyclic) bond motifs is 1. The van der Waals surface area contributed by atoms with E-state index >= 15 is 0 Å². The number of nitrogens with one attached hydrogen (secondary N) is 1. The van der Waals surface area contributed by atoms with Crippen molar-refractivity contribution in [3.05, 3.63) is 45.1 Å². The Morgan fingerprint density at radius 2 is 2.12 bits per heavy atom. The molecule has 0 aliphatic carbocycles. The molecule has 0 saturated carbocycles. The molecule has 1 aliphatic heterocycles. The maximum absolute atomic E-state index is 12.4. The summed E-state index contributed by atoms with van der Waals surface area (Å²) in [7, 11) is 0. The first kappa shape index (κ1) is 17.2. The average Bonchev–Trinajstić information content (AvgIpc) is 2.78. The molecule has 3 rings (SSSR count). The molecule has 0 radical (unpaired) electrons. The quantitative estimate of drug-likeness (QED) is 0.824. The van der Waals surface area contributed by atoms with Crippen LogP contribution in [0.25, 0.3) is 0 Å². The highest BCUT2D eigenvalue weighted by molar-refractivity contribution is 9.10. The lowest BCUT2D eigenvalue weighted by molar-refractivity contribution is 0.0941. The lowest BCUT2D eigenvalue weighted by Crippen LogP contribution is -2.25. The van der Waals surface area contributed by atoms with Crippen LogP contribution in [0.4, 0.5) is 0 Å². The van der Waals surface area contributed by atoms with E-state index in [1.54, 1.807) is 12.1 Å². The van der Waals surface area contributed by atoms with Crippen molar-refractivity contribution in [1.82, 2.24) is 9.88 Å². The largest absolute Gasteiger partial charge is 0.489 e. The van der Waals surface area contributed by atoms with Crippen LogP contribution in [0.5, 0.6) is 11.5 Å². The maximum Gasteiger partial charge on any atom is 0.268 e. The summed E-state index contributed by atoms with van der Waals surface area (Å²) in [6, 6.07) is 5.46. The standard InChI is InChI=1S/C17H18BrClN2O3/c1-2-21-10-12(18)8-14(21)17(22)20-9-11-6-13(19)16-15(7-11)23-4-3-5-24-16/h6-8,10H,2-5,9H2,1H3,(H,20,22). The number of aryl methyl sites for hydroxylation is 1. The van der Waals surface area contributed by atoms with Crippen LogP contribution >= 0.6 is 27.5 Å². The average molecular weight is 414 g/mol. The second-order valence-electron chi connectivity index (χ2n) is 5.47. The number of carbonyl (C=O) groups is 1. The lowest BCUT2D eigenvalue weighted by Gasteiger charge is -2.12. The van der Waals surface area contributed by atoms with E-state index in [1.807, 2.05) is 23.8 Å². The van der Waals surface area contributed by atoms with Gasteiger partial charge in [-0.05, 0) is 46.6 Å². The Hall–Kier alpha value is -1.66. The first-order valence-electron chi connectivity index (χ1n) is 7.80. The predicted octanol–water partition coefficient (Wildman–Crippen LogP) is 4.02. The summed E-state index contributed by atoms with van der Waals surface area (Å²) >= 11 is 9.67. The van der Waals surface area contributed by atoms with E-state index in [9.17, 15) is 4.79 Å². The van der Waals surface area contributed by atoms with Gasteiger partial charge in [0, 0.05) is 30.2 Å². The van der Waals surface area contributed by atoms with Crippen LogP contribution in [-0.4, -0.2) is 23.7 Å². The highest BCUT2D eigenvalue weighted by Crippen LogP contribution is 2.37. The van der Waals surface area contributed by atoms with Gasteiger partial charge in [0.2, 0.25) is 0 Å². The Labute approximate surface area is 154 Å². The van der Waals surface area contributed by atoms with Gasteiger partial charge in [-0.25, -0.2) is 0 Å². The monoisotopic (exact) mass is 412 g/mol. The Balaban J connectivity index is 1.73. The van der Waals surface area contributed by atoms with Crippen molar-refractivity contribution in [2.45, 2.75) is 26.4 Å². The molecule has 0 saturated heterocycles. The minimum atomic E-state index is -0.134. The van der Waals surface area contributed by atoms with Crippen molar-refractivity contribution in [2.24, 2.45) is 0 Å². The Morgan fingerprint density at radius 3 is 2.92 bits per heavy atom. The second kappa shape index (κ2) is 7.49. The van der Waals surface area contributed by atoms with E-state index in [0.29, 0.717) is 42.0 Å². The van der Waals surface area contributed by atoms with Crippen molar-refractivity contribution in [3.8, 4) is 11.5 Å². The van der Waals surface area contributed by atoms with E-state index in [2.05, 4.69) is 21.2 Å². The number of carbonyl (C=O) groups excluding carboxylic acids is 1. The van der Waals surface area contributed by atoms with Gasteiger partial charge in [-0.3, -0.25) is 4.79 Å². The van der Waals surface area contributed by atoms with E-state index in [1.165, 1.54) is 0 Å². The van der Waals surface area contributed by atoms with Crippen LogP contribution in [0.1, 0.15) is 29.4 Å². The Kier molecular flexibility index (Phi) is 5.36. The lowest BCUT2D eigenvalue weighted by atomic mass is 10.2. The van der Waals surface area contributed by atoms with E-state index in [-0.39, 0.29) is 5.91 Å². The van der Waals surface area contributed by atoms with Crippen LogP contribution in [0, 0.1) is 0 Å². The van der Waals surface area contributed by atoms with Gasteiger partial charge in [-0.15, -0.1) is 0 Å². The summed E-state index contributed by atoms with van der Waals surface area (Å²) in [5.74, 6) is 1.07. The normalized spacial score (nSPS) is 13.5. The van der Waals surface area contributed by atoms with Gasteiger partial charge >= 0.3 is 0 Å². The van der Waals surface area contributed by atoms with Gasteiger partial charge in [0.15, 0.2) is 11.5 Å². The number of nitrogens with zero attached hydrogens (tertiary/aromatic N) is 1. The van der Waals surface area contributed by atoms with Crippen molar-refractivity contribution in [2.75, 3.05) is 13.2 Å². The number of hydrogen-bond acceptors (Lipinski definition) is 3. The molecular weight excluding hydrogens is 396 g/mol. The second-order valence-corrected chi connectivity index (χ2v) is 6.79. The molecule has 1 N–H and O–H groups in total. The molecule has 7 heteroatoms. The smallest absolute Gasteiger partial charge is 0.268 e. The zero-order valence-electron chi connectivity index (χ0n) is 13.3. The summed E-state index contributed by atoms with van der Waals surface area (Å²) in [6.45, 7) is 4.27. The molecule has 24 heavy (non-hydrogen) atoms. The van der Waals surface area contributed by atoms with Crippen molar-refractivity contribution < 1.29 is 14.3 Å². The fraction of sp³-hybridized carbons (Fsp3) is 0.353. The van der Waals surface area contributed by atoms with Gasteiger partial charge in [0.1, 0.15) is 5.69 Å². The number of benzene rings is 1. The van der Waals surface area contributed by atoms with E-state index < -0.39 is 0 Å². The van der Waals surface area contributed by atoms with Crippen LogP contribution in [0.15, 0.2) is 28.9 Å². The minimum absolute atomic E-state index is 0.134. The number of aromatic nitrogens is 1. The van der Waals surface area contributed by atoms with Crippen LogP contribution in [0.3, 0.4) is 0 Å². The fourth-order valence-corrected chi connectivity index (χ4v) is 3.34. The summed E-state index contributed by atoms with van der Waals surface area (Å²) in [5.41, 5.74) is 1.48. The molecule has 0 spiro atoms. The molecule has 1 aromatic carbocycles. The predicted molar refractivity (Wildman–Crippen MR) is 96.0 cm³/mol. The zero-order valence-corrected chi connectivity index (χ0v) is 15.6. The highest BCUT2D eigenvalue weighted by atomic mass is 79.9. The molecule has 2 aromatic rings. The summed E-state index contributed by atoms with van der Waals surface area (Å²) in [5, 5.41) is 3.42. The SMILES string of the molecule is CCn1cc(Br)cc1C(=O)NCc1cc(Cl)c2c(c1)OCCCO2. The molecule has 5 nitrogen and oxygen atoms in total. The Morgan fingerprint density at radius 1 is 1.33 bits per heavy atom. The van der Waals surface area contributed by atoms with Gasteiger partial charge in [0.05, 0.1) is 18.2 Å². The number of rotatable bonds is 4. The third kappa shape index (κ3) is 3.70. The number of amides is 1. The molecule has 0 bridgehead atoms. The third-order valence-electron chi connectivity index (χ3n) is 3.75. The topological polar surface area (TPSA) is 52.5 Å². The summed E-state index contributed by atoms with van der Waals surface area (Å²) < 4.78 is 14.0. The van der Waals surface area contributed by atoms with Crippen molar-refractivity contribution >= 4 is 33.4 Å². The maximum atomic E-state index is 12.4. The number of ether oxygens (including phenoxy) is 2. The Bertz CT molecular complexity index is 761. The molecule has 1 aliphatic rings. The molecule has 0 atom stereocenters. The molecule has 1 amide bonds. The van der Waals surface area contributed by atoms with Crippen molar-refractivity contribution in [3.63, 3.8) is 0 Å². The van der Waals surface area contributed by atoms with Gasteiger partial charge < -0.3 is 19.4 Å². The first-order chi connectivity index (χ1) is 11.6. The van der Waals surface area contributed by atoms with E-state index in [0.717, 1.165) is 23.0 Å². The summed E-state index contributed by atoms with van der Waals surface area (Å²) in [6.07, 6.45) is 2.71.